The molecule has 0 atom stereocenters. The highest BCUT2D eigenvalue weighted by Crippen LogP contribution is 2.34. The lowest BCUT2D eigenvalue weighted by Crippen LogP contribution is -2.40. The Morgan fingerprint density at radius 3 is 2.38 bits per heavy atom. The van der Waals surface area contributed by atoms with Crippen LogP contribution in [0.3, 0.4) is 0 Å². The fourth-order valence-corrected chi connectivity index (χ4v) is 2.89. The number of aryl methyl sites for hydroxylation is 1. The molecule has 1 aromatic rings. The van der Waals surface area contributed by atoms with Crippen molar-refractivity contribution in [2.75, 3.05) is 19.5 Å². The molecule has 2 rings (SSSR count). The highest BCUT2D eigenvalue weighted by atomic mass is 16.5. The second kappa shape index (κ2) is 6.35. The Hall–Kier alpha value is -1.75. The molecule has 5 nitrogen and oxygen atoms in total. The smallest absolute Gasteiger partial charge is 0.226 e. The standard InChI is InChI=1S/C16H24N2O3/c1-11-8-13(20-2)14(21-3)9-12(11)18-15(19)10-16(17)6-4-5-7-16/h8-9H,4-7,10,17H2,1-3H3,(H,18,19). The highest BCUT2D eigenvalue weighted by Gasteiger charge is 2.31. The molecule has 21 heavy (non-hydrogen) atoms. The van der Waals surface area contributed by atoms with E-state index in [0.29, 0.717) is 17.9 Å². The van der Waals surface area contributed by atoms with Crippen molar-refractivity contribution in [1.82, 2.24) is 0 Å². The molecule has 116 valence electrons. The van der Waals surface area contributed by atoms with E-state index >= 15 is 0 Å². The van der Waals surface area contributed by atoms with Gasteiger partial charge in [-0.2, -0.15) is 0 Å². The van der Waals surface area contributed by atoms with Crippen LogP contribution in [0.15, 0.2) is 12.1 Å². The van der Waals surface area contributed by atoms with Crippen molar-refractivity contribution in [2.45, 2.75) is 44.6 Å². The monoisotopic (exact) mass is 292 g/mol. The molecule has 0 spiro atoms. The fourth-order valence-electron chi connectivity index (χ4n) is 2.89. The number of carbonyl (C=O) groups excluding carboxylic acids is 1. The number of hydrogen-bond acceptors (Lipinski definition) is 4. The number of nitrogens with one attached hydrogen (secondary N) is 1. The molecule has 0 heterocycles. The summed E-state index contributed by atoms with van der Waals surface area (Å²) in [6, 6.07) is 3.63. The number of benzene rings is 1. The summed E-state index contributed by atoms with van der Waals surface area (Å²) in [6.45, 7) is 1.92. The largest absolute Gasteiger partial charge is 0.493 e. The summed E-state index contributed by atoms with van der Waals surface area (Å²) in [5.41, 5.74) is 7.57. The number of carbonyl (C=O) groups is 1. The molecule has 1 aliphatic rings. The molecule has 5 heteroatoms. The van der Waals surface area contributed by atoms with Crippen LogP contribution >= 0.6 is 0 Å². The first-order valence-corrected chi connectivity index (χ1v) is 7.29. The average Bonchev–Trinajstić information content (AvgIpc) is 2.86. The minimum atomic E-state index is -0.339. The highest BCUT2D eigenvalue weighted by molar-refractivity contribution is 5.92. The Bertz CT molecular complexity index is 522. The first-order valence-electron chi connectivity index (χ1n) is 7.29. The molecular formula is C16H24N2O3. The van der Waals surface area contributed by atoms with Gasteiger partial charge in [0.15, 0.2) is 11.5 Å². The molecule has 0 radical (unpaired) electrons. The summed E-state index contributed by atoms with van der Waals surface area (Å²) in [7, 11) is 3.17. The number of rotatable bonds is 5. The summed E-state index contributed by atoms with van der Waals surface area (Å²) in [5, 5.41) is 2.93. The number of ether oxygens (including phenoxy) is 2. The predicted molar refractivity (Wildman–Crippen MR) is 82.9 cm³/mol. The van der Waals surface area contributed by atoms with E-state index in [1.807, 2.05) is 13.0 Å². The van der Waals surface area contributed by atoms with E-state index in [9.17, 15) is 4.79 Å². The van der Waals surface area contributed by atoms with Crippen molar-refractivity contribution in [3.8, 4) is 11.5 Å². The number of hydrogen-bond donors (Lipinski definition) is 2. The van der Waals surface area contributed by atoms with Gasteiger partial charge in [-0.1, -0.05) is 12.8 Å². The summed E-state index contributed by atoms with van der Waals surface area (Å²) >= 11 is 0. The minimum Gasteiger partial charge on any atom is -0.493 e. The fraction of sp³-hybridized carbons (Fsp3) is 0.562. The summed E-state index contributed by atoms with van der Waals surface area (Å²) in [6.07, 6.45) is 4.43. The van der Waals surface area contributed by atoms with Crippen molar-refractivity contribution >= 4 is 11.6 Å². The Morgan fingerprint density at radius 2 is 1.81 bits per heavy atom. The van der Waals surface area contributed by atoms with Crippen LogP contribution in [0, 0.1) is 6.92 Å². The van der Waals surface area contributed by atoms with E-state index in [2.05, 4.69) is 5.32 Å². The SMILES string of the molecule is COc1cc(C)c(NC(=O)CC2(N)CCCC2)cc1OC. The Labute approximate surface area is 125 Å². The average molecular weight is 292 g/mol. The minimum absolute atomic E-state index is 0.0466. The van der Waals surface area contributed by atoms with E-state index in [1.165, 1.54) is 0 Å². The van der Waals surface area contributed by atoms with Crippen LogP contribution in [0.2, 0.25) is 0 Å². The number of methoxy groups -OCH3 is 2. The van der Waals surface area contributed by atoms with Crippen LogP contribution in [0.5, 0.6) is 11.5 Å². The molecule has 0 saturated heterocycles. The lowest BCUT2D eigenvalue weighted by atomic mass is 9.94. The van der Waals surface area contributed by atoms with Gasteiger partial charge in [0.05, 0.1) is 14.2 Å². The molecule has 1 aliphatic carbocycles. The predicted octanol–water partition coefficient (Wildman–Crippen LogP) is 2.61. The van der Waals surface area contributed by atoms with E-state index in [1.54, 1.807) is 20.3 Å². The van der Waals surface area contributed by atoms with Crippen LogP contribution < -0.4 is 20.5 Å². The Kier molecular flexibility index (Phi) is 4.73. The number of amides is 1. The summed E-state index contributed by atoms with van der Waals surface area (Å²) in [5.74, 6) is 1.20. The lowest BCUT2D eigenvalue weighted by Gasteiger charge is -2.23. The summed E-state index contributed by atoms with van der Waals surface area (Å²) < 4.78 is 10.5. The first kappa shape index (κ1) is 15.6. The number of anilines is 1. The van der Waals surface area contributed by atoms with Gasteiger partial charge in [0, 0.05) is 23.7 Å². The second-order valence-electron chi connectivity index (χ2n) is 5.82. The molecule has 3 N–H and O–H groups in total. The quantitative estimate of drug-likeness (QED) is 0.875. The molecule has 0 bridgehead atoms. The maximum atomic E-state index is 12.2. The topological polar surface area (TPSA) is 73.6 Å². The van der Waals surface area contributed by atoms with Gasteiger partial charge in [0.1, 0.15) is 0 Å². The van der Waals surface area contributed by atoms with Crippen LogP contribution in [0.25, 0.3) is 0 Å². The molecule has 1 amide bonds. The van der Waals surface area contributed by atoms with Gasteiger partial charge in [-0.3, -0.25) is 4.79 Å². The molecule has 1 fully saturated rings. The molecule has 0 aliphatic heterocycles. The van der Waals surface area contributed by atoms with Crippen molar-refractivity contribution in [2.24, 2.45) is 5.73 Å². The first-order chi connectivity index (χ1) is 9.97. The van der Waals surface area contributed by atoms with Crippen LogP contribution in [0.1, 0.15) is 37.7 Å². The van der Waals surface area contributed by atoms with Gasteiger partial charge in [-0.05, 0) is 31.4 Å². The lowest BCUT2D eigenvalue weighted by molar-refractivity contribution is -0.117. The van der Waals surface area contributed by atoms with Crippen LogP contribution in [-0.4, -0.2) is 25.7 Å². The molecule has 0 unspecified atom stereocenters. The van der Waals surface area contributed by atoms with E-state index < -0.39 is 0 Å². The van der Waals surface area contributed by atoms with E-state index in [-0.39, 0.29) is 11.4 Å². The molecule has 1 saturated carbocycles. The normalized spacial score (nSPS) is 16.6. The van der Waals surface area contributed by atoms with Crippen molar-refractivity contribution < 1.29 is 14.3 Å². The Balaban J connectivity index is 2.10. The third-order valence-electron chi connectivity index (χ3n) is 4.12. The van der Waals surface area contributed by atoms with Crippen LogP contribution in [0.4, 0.5) is 5.69 Å². The van der Waals surface area contributed by atoms with E-state index in [0.717, 1.165) is 36.9 Å². The van der Waals surface area contributed by atoms with Crippen molar-refractivity contribution in [3.05, 3.63) is 17.7 Å². The van der Waals surface area contributed by atoms with Gasteiger partial charge < -0.3 is 20.5 Å². The molecule has 1 aromatic carbocycles. The van der Waals surface area contributed by atoms with Gasteiger partial charge in [0.25, 0.3) is 0 Å². The molecular weight excluding hydrogens is 268 g/mol. The van der Waals surface area contributed by atoms with E-state index in [4.69, 9.17) is 15.2 Å². The van der Waals surface area contributed by atoms with Gasteiger partial charge >= 0.3 is 0 Å². The zero-order valence-corrected chi connectivity index (χ0v) is 13.0. The van der Waals surface area contributed by atoms with Gasteiger partial charge in [-0.15, -0.1) is 0 Å². The third-order valence-corrected chi connectivity index (χ3v) is 4.12. The zero-order chi connectivity index (χ0) is 15.5. The maximum Gasteiger partial charge on any atom is 0.226 e. The van der Waals surface area contributed by atoms with Gasteiger partial charge in [-0.25, -0.2) is 0 Å². The van der Waals surface area contributed by atoms with Crippen molar-refractivity contribution in [1.29, 1.82) is 0 Å². The maximum absolute atomic E-state index is 12.2. The van der Waals surface area contributed by atoms with Gasteiger partial charge in [0.2, 0.25) is 5.91 Å². The van der Waals surface area contributed by atoms with Crippen LogP contribution in [-0.2, 0) is 4.79 Å². The number of nitrogens with two attached hydrogens (primary N) is 1. The zero-order valence-electron chi connectivity index (χ0n) is 13.0. The summed E-state index contributed by atoms with van der Waals surface area (Å²) in [4.78, 5) is 12.2. The molecule has 0 aromatic heterocycles. The van der Waals surface area contributed by atoms with Crippen molar-refractivity contribution in [3.63, 3.8) is 0 Å². The third kappa shape index (κ3) is 3.67. The Morgan fingerprint density at radius 1 is 1.24 bits per heavy atom. The second-order valence-corrected chi connectivity index (χ2v) is 5.82.